The van der Waals surface area contributed by atoms with Crippen LogP contribution in [0.4, 0.5) is 17.6 Å². The third-order valence-corrected chi connectivity index (χ3v) is 10.7. The Morgan fingerprint density at radius 2 is 1.19 bits per heavy atom. The van der Waals surface area contributed by atoms with Gasteiger partial charge in [0, 0.05) is 5.56 Å². The van der Waals surface area contributed by atoms with E-state index in [1.54, 1.807) is 0 Å². The van der Waals surface area contributed by atoms with E-state index in [-0.39, 0.29) is 11.1 Å². The number of hydrogen-bond acceptors (Lipinski definition) is 1. The number of ether oxygens (including phenoxy) is 1. The van der Waals surface area contributed by atoms with Crippen LogP contribution in [-0.4, -0.2) is 6.61 Å². The third-order valence-electron chi connectivity index (χ3n) is 10.7. The van der Waals surface area contributed by atoms with Gasteiger partial charge in [0.1, 0.15) is 11.9 Å². The zero-order valence-electron chi connectivity index (χ0n) is 22.6. The van der Waals surface area contributed by atoms with Crippen molar-refractivity contribution < 1.29 is 22.3 Å². The van der Waals surface area contributed by atoms with Crippen molar-refractivity contribution in [2.45, 2.75) is 122 Å². The summed E-state index contributed by atoms with van der Waals surface area (Å²) in [4.78, 5) is 0. The molecule has 4 fully saturated rings. The van der Waals surface area contributed by atoms with E-state index in [1.807, 2.05) is 0 Å². The van der Waals surface area contributed by atoms with E-state index in [0.717, 1.165) is 48.9 Å². The molecule has 3 saturated carbocycles. The molecule has 5 heteroatoms. The first-order valence-electron chi connectivity index (χ1n) is 15.3. The quantitative estimate of drug-likeness (QED) is 0.244. The van der Waals surface area contributed by atoms with Gasteiger partial charge in [0.2, 0.25) is 0 Å². The molecule has 5 rings (SSSR count). The Kier molecular flexibility index (Phi) is 8.88. The van der Waals surface area contributed by atoms with E-state index < -0.39 is 23.7 Å². The van der Waals surface area contributed by atoms with Crippen LogP contribution in [0.5, 0.6) is 0 Å². The second-order valence-electron chi connectivity index (χ2n) is 12.9. The smallest absolute Gasteiger partial charge is 0.368 e. The van der Waals surface area contributed by atoms with Crippen LogP contribution in [-0.2, 0) is 17.3 Å². The van der Waals surface area contributed by atoms with Crippen molar-refractivity contribution in [3.63, 3.8) is 0 Å². The predicted octanol–water partition coefficient (Wildman–Crippen LogP) is 10.1. The molecule has 0 N–H and O–H groups in total. The van der Waals surface area contributed by atoms with Crippen LogP contribution in [0.15, 0.2) is 12.1 Å². The maximum absolute atomic E-state index is 14.7. The van der Waals surface area contributed by atoms with Crippen LogP contribution in [0.3, 0.4) is 0 Å². The van der Waals surface area contributed by atoms with Gasteiger partial charge in [-0.3, -0.25) is 0 Å². The van der Waals surface area contributed by atoms with Crippen molar-refractivity contribution in [2.75, 3.05) is 6.61 Å². The maximum Gasteiger partial charge on any atom is 0.419 e. The number of alkyl halides is 3. The van der Waals surface area contributed by atoms with Crippen molar-refractivity contribution in [3.05, 3.63) is 34.6 Å². The Balaban J connectivity index is 1.06. The Hall–Kier alpha value is -1.10. The van der Waals surface area contributed by atoms with Crippen LogP contribution in [0.1, 0.15) is 126 Å². The van der Waals surface area contributed by atoms with E-state index in [0.29, 0.717) is 18.9 Å². The minimum Gasteiger partial charge on any atom is -0.368 e. The van der Waals surface area contributed by atoms with E-state index in [2.05, 4.69) is 6.92 Å². The van der Waals surface area contributed by atoms with Gasteiger partial charge in [-0.05, 0) is 105 Å². The fourth-order valence-corrected chi connectivity index (χ4v) is 8.38. The summed E-state index contributed by atoms with van der Waals surface area (Å²) in [6.07, 6.45) is 14.7. The van der Waals surface area contributed by atoms with Crippen LogP contribution in [0.25, 0.3) is 0 Å². The number of benzene rings is 1. The van der Waals surface area contributed by atoms with Crippen LogP contribution < -0.4 is 0 Å². The van der Waals surface area contributed by atoms with Crippen LogP contribution in [0.2, 0.25) is 0 Å². The molecule has 1 atom stereocenters. The Labute approximate surface area is 221 Å². The molecular weight excluding hydrogens is 476 g/mol. The highest BCUT2D eigenvalue weighted by atomic mass is 19.4. The van der Waals surface area contributed by atoms with Gasteiger partial charge in [0.15, 0.2) is 0 Å². The van der Waals surface area contributed by atoms with Crippen LogP contribution >= 0.6 is 0 Å². The van der Waals surface area contributed by atoms with Crippen molar-refractivity contribution in [1.29, 1.82) is 0 Å². The zero-order chi connectivity index (χ0) is 26.0. The molecule has 0 bridgehead atoms. The SMILES string of the molecule is CCCC1CCC(C2CCC(C3CCC(CCc4ccc(C5CO5)c(F)c4C(F)(F)F)CC3)CC2)CC1. The fourth-order valence-electron chi connectivity index (χ4n) is 8.38. The minimum absolute atomic E-state index is 0.0514. The second kappa shape index (κ2) is 12.0. The molecule has 1 unspecified atom stereocenters. The molecule has 1 nitrogen and oxygen atoms in total. The summed E-state index contributed by atoms with van der Waals surface area (Å²) in [6.45, 7) is 2.62. The summed E-state index contributed by atoms with van der Waals surface area (Å²) in [5.74, 6) is 3.92. The first-order valence-corrected chi connectivity index (χ1v) is 15.3. The molecular formula is C32H46F4O. The van der Waals surface area contributed by atoms with Gasteiger partial charge in [-0.1, -0.05) is 57.6 Å². The lowest BCUT2D eigenvalue weighted by molar-refractivity contribution is -0.140. The standard InChI is InChI=1S/C32H46F4O/c1-2-3-21-4-9-23(10-5-21)25-14-16-26(17-15-25)24-11-6-22(7-12-24)8-13-27-18-19-28(29-20-37-29)31(33)30(27)32(34,35)36/h18-19,21-26,29H,2-17,20H2,1H3. The van der Waals surface area contributed by atoms with Gasteiger partial charge in [-0.2, -0.15) is 13.2 Å². The minimum atomic E-state index is -4.67. The molecule has 0 amide bonds. The van der Waals surface area contributed by atoms with E-state index in [4.69, 9.17) is 4.74 Å². The lowest BCUT2D eigenvalue weighted by Gasteiger charge is -2.41. The Morgan fingerprint density at radius 1 is 0.730 bits per heavy atom. The Bertz CT molecular complexity index is 868. The highest BCUT2D eigenvalue weighted by Gasteiger charge is 2.41. The summed E-state index contributed by atoms with van der Waals surface area (Å²) in [6, 6.07) is 2.99. The number of halogens is 4. The maximum atomic E-state index is 14.7. The summed E-state index contributed by atoms with van der Waals surface area (Å²) in [5, 5.41) is 0. The highest BCUT2D eigenvalue weighted by Crippen LogP contribution is 2.47. The van der Waals surface area contributed by atoms with Crippen molar-refractivity contribution in [3.8, 4) is 0 Å². The molecule has 0 radical (unpaired) electrons. The first kappa shape index (κ1) is 27.5. The molecule has 3 aliphatic carbocycles. The molecule has 1 aromatic rings. The average Bonchev–Trinajstić information content (AvgIpc) is 3.73. The number of epoxide rings is 1. The van der Waals surface area contributed by atoms with E-state index >= 15 is 0 Å². The lowest BCUT2D eigenvalue weighted by Crippen LogP contribution is -2.29. The van der Waals surface area contributed by atoms with Gasteiger partial charge >= 0.3 is 6.18 Å². The molecule has 0 aromatic heterocycles. The van der Waals surface area contributed by atoms with Gasteiger partial charge in [-0.15, -0.1) is 0 Å². The average molecular weight is 523 g/mol. The third kappa shape index (κ3) is 6.73. The van der Waals surface area contributed by atoms with E-state index in [9.17, 15) is 17.6 Å². The molecule has 208 valence electrons. The van der Waals surface area contributed by atoms with Crippen molar-refractivity contribution >= 4 is 0 Å². The largest absolute Gasteiger partial charge is 0.419 e. The summed E-state index contributed by atoms with van der Waals surface area (Å²) in [7, 11) is 0. The van der Waals surface area contributed by atoms with Crippen molar-refractivity contribution in [2.24, 2.45) is 35.5 Å². The molecule has 1 aromatic carbocycles. The highest BCUT2D eigenvalue weighted by molar-refractivity contribution is 5.38. The number of hydrogen-bond donors (Lipinski definition) is 0. The van der Waals surface area contributed by atoms with Crippen LogP contribution in [0, 0.1) is 41.3 Å². The molecule has 4 aliphatic rings. The summed E-state index contributed by atoms with van der Waals surface area (Å²) < 4.78 is 60.9. The van der Waals surface area contributed by atoms with Gasteiger partial charge in [0.25, 0.3) is 0 Å². The topological polar surface area (TPSA) is 12.5 Å². The van der Waals surface area contributed by atoms with Gasteiger partial charge < -0.3 is 4.74 Å². The number of aryl methyl sites for hydroxylation is 1. The number of rotatable bonds is 8. The molecule has 37 heavy (non-hydrogen) atoms. The van der Waals surface area contributed by atoms with Crippen molar-refractivity contribution in [1.82, 2.24) is 0 Å². The molecule has 1 saturated heterocycles. The lowest BCUT2D eigenvalue weighted by atomic mass is 9.64. The molecule has 1 heterocycles. The van der Waals surface area contributed by atoms with Gasteiger partial charge in [0.05, 0.1) is 12.2 Å². The molecule has 0 spiro atoms. The summed E-state index contributed by atoms with van der Waals surface area (Å²) in [5.41, 5.74) is -0.904. The first-order chi connectivity index (χ1) is 17.8. The van der Waals surface area contributed by atoms with E-state index in [1.165, 1.54) is 89.2 Å². The zero-order valence-corrected chi connectivity index (χ0v) is 22.6. The summed E-state index contributed by atoms with van der Waals surface area (Å²) >= 11 is 0. The Morgan fingerprint density at radius 3 is 1.62 bits per heavy atom. The normalized spacial score (nSPS) is 34.9. The van der Waals surface area contributed by atoms with Gasteiger partial charge in [-0.25, -0.2) is 4.39 Å². The molecule has 1 aliphatic heterocycles. The fraction of sp³-hybridized carbons (Fsp3) is 0.812. The monoisotopic (exact) mass is 522 g/mol. The predicted molar refractivity (Wildman–Crippen MR) is 140 cm³/mol. The second-order valence-corrected chi connectivity index (χ2v) is 12.9.